The Kier molecular flexibility index (Phi) is 5.13. The summed E-state index contributed by atoms with van der Waals surface area (Å²) in [6, 6.07) is 20.5. The van der Waals surface area contributed by atoms with E-state index in [2.05, 4.69) is 61.8 Å². The first kappa shape index (κ1) is 20.6. The van der Waals surface area contributed by atoms with Crippen molar-refractivity contribution in [2.45, 2.75) is 40.2 Å². The molecule has 0 aliphatic heterocycles. The molecule has 0 radical (unpaired) electrons. The molecule has 5 rings (SSSR count). The first-order valence-electron chi connectivity index (χ1n) is 11.4. The van der Waals surface area contributed by atoms with Crippen molar-refractivity contribution in [3.8, 4) is 0 Å². The molecule has 0 saturated carbocycles. The lowest BCUT2D eigenvalue weighted by molar-refractivity contribution is 0.256. The Labute approximate surface area is 188 Å². The summed E-state index contributed by atoms with van der Waals surface area (Å²) in [7, 11) is 0. The second-order valence-electron chi connectivity index (χ2n) is 9.60. The summed E-state index contributed by atoms with van der Waals surface area (Å²) in [5, 5.41) is 2.03. The molecule has 1 aliphatic rings. The smallest absolute Gasteiger partial charge is 0.361 e. The molecule has 0 spiro atoms. The molecule has 0 amide bonds. The highest BCUT2D eigenvalue weighted by molar-refractivity contribution is 6.08. The molecular weight excluding hydrogens is 394 g/mol. The number of hydrogen-bond donors (Lipinski definition) is 0. The molecule has 2 heterocycles. The van der Waals surface area contributed by atoms with Gasteiger partial charge in [-0.05, 0) is 49.0 Å². The van der Waals surface area contributed by atoms with Crippen LogP contribution in [0.4, 0.5) is 0 Å². The minimum atomic E-state index is -0.288. The van der Waals surface area contributed by atoms with E-state index in [1.165, 1.54) is 5.57 Å². The van der Waals surface area contributed by atoms with Gasteiger partial charge in [0.2, 0.25) is 0 Å². The van der Waals surface area contributed by atoms with Crippen molar-refractivity contribution in [3.63, 3.8) is 0 Å². The number of benzene rings is 2. The van der Waals surface area contributed by atoms with E-state index in [9.17, 15) is 4.79 Å². The zero-order valence-electron chi connectivity index (χ0n) is 19.0. The van der Waals surface area contributed by atoms with Crippen LogP contribution >= 0.6 is 0 Å². The molecule has 0 N–H and O–H groups in total. The van der Waals surface area contributed by atoms with Crippen molar-refractivity contribution in [3.05, 3.63) is 100 Å². The average molecular weight is 424 g/mol. The van der Waals surface area contributed by atoms with Crippen LogP contribution in [0, 0.1) is 11.3 Å². The van der Waals surface area contributed by atoms with Crippen molar-refractivity contribution >= 4 is 27.9 Å². The van der Waals surface area contributed by atoms with E-state index in [1.807, 2.05) is 42.5 Å². The van der Waals surface area contributed by atoms with Crippen molar-refractivity contribution in [2.75, 3.05) is 0 Å². The minimum absolute atomic E-state index is 0.200. The SMILES string of the molecule is CC1=CCCC(C)(C)C1/C=C/c1cc2c3ccccc3n(Cc3ccccc3)c2c(=O)o1. The maximum Gasteiger partial charge on any atom is 0.361 e. The van der Waals surface area contributed by atoms with Crippen LogP contribution in [0.3, 0.4) is 0 Å². The van der Waals surface area contributed by atoms with E-state index in [0.29, 0.717) is 23.7 Å². The van der Waals surface area contributed by atoms with Gasteiger partial charge in [-0.3, -0.25) is 0 Å². The number of rotatable bonds is 4. The molecule has 1 atom stereocenters. The number of hydrogen-bond acceptors (Lipinski definition) is 2. The fourth-order valence-electron chi connectivity index (χ4n) is 5.21. The van der Waals surface area contributed by atoms with Crippen LogP contribution in [-0.4, -0.2) is 4.57 Å². The molecule has 0 saturated heterocycles. The molecule has 4 aromatic rings. The zero-order valence-corrected chi connectivity index (χ0v) is 19.0. The summed E-state index contributed by atoms with van der Waals surface area (Å²) in [5.74, 6) is 0.955. The molecular formula is C29H29NO2. The Morgan fingerprint density at radius 2 is 1.81 bits per heavy atom. The molecule has 0 fully saturated rings. The molecule has 1 aliphatic carbocycles. The van der Waals surface area contributed by atoms with E-state index in [0.717, 1.165) is 34.7 Å². The van der Waals surface area contributed by atoms with Crippen molar-refractivity contribution in [1.82, 2.24) is 4.57 Å². The predicted octanol–water partition coefficient (Wildman–Crippen LogP) is 7.19. The van der Waals surface area contributed by atoms with Crippen LogP contribution < -0.4 is 5.63 Å². The van der Waals surface area contributed by atoms with Crippen LogP contribution in [0.15, 0.2) is 87.6 Å². The second kappa shape index (κ2) is 7.98. The lowest BCUT2D eigenvalue weighted by Gasteiger charge is -2.36. The van der Waals surface area contributed by atoms with Gasteiger partial charge in [0.15, 0.2) is 0 Å². The summed E-state index contributed by atoms with van der Waals surface area (Å²) in [6.07, 6.45) is 8.81. The van der Waals surface area contributed by atoms with Crippen LogP contribution in [0.1, 0.15) is 44.9 Å². The second-order valence-corrected chi connectivity index (χ2v) is 9.60. The molecule has 2 aromatic heterocycles. The topological polar surface area (TPSA) is 35.1 Å². The average Bonchev–Trinajstić information content (AvgIpc) is 3.08. The normalized spacial score (nSPS) is 18.5. The number of allylic oxidation sites excluding steroid dienone is 3. The van der Waals surface area contributed by atoms with Crippen LogP contribution in [0.25, 0.3) is 27.9 Å². The Balaban J connectivity index is 1.63. The lowest BCUT2D eigenvalue weighted by Crippen LogP contribution is -2.26. The Hall–Kier alpha value is -3.33. The molecule has 162 valence electrons. The quantitative estimate of drug-likeness (QED) is 0.326. The summed E-state index contributed by atoms with van der Waals surface area (Å²) in [5.41, 5.74) is 4.13. The summed E-state index contributed by atoms with van der Waals surface area (Å²) in [6.45, 7) is 7.46. The van der Waals surface area contributed by atoms with Gasteiger partial charge in [0.1, 0.15) is 11.3 Å². The maximum atomic E-state index is 13.2. The Bertz CT molecular complexity index is 1400. The maximum absolute atomic E-state index is 13.2. The van der Waals surface area contributed by atoms with Gasteiger partial charge in [-0.2, -0.15) is 0 Å². The number of aromatic nitrogens is 1. The Morgan fingerprint density at radius 1 is 1.06 bits per heavy atom. The van der Waals surface area contributed by atoms with Crippen molar-refractivity contribution in [2.24, 2.45) is 11.3 Å². The third-order valence-electron chi connectivity index (χ3n) is 6.92. The van der Waals surface area contributed by atoms with Gasteiger partial charge in [-0.15, -0.1) is 0 Å². The molecule has 3 nitrogen and oxygen atoms in total. The third kappa shape index (κ3) is 3.62. The number of nitrogens with zero attached hydrogens (tertiary/aromatic N) is 1. The monoisotopic (exact) mass is 423 g/mol. The van der Waals surface area contributed by atoms with E-state index >= 15 is 0 Å². The first-order chi connectivity index (χ1) is 15.4. The van der Waals surface area contributed by atoms with Gasteiger partial charge >= 0.3 is 5.63 Å². The van der Waals surface area contributed by atoms with Crippen molar-refractivity contribution in [1.29, 1.82) is 0 Å². The fraction of sp³-hybridized carbons (Fsp3) is 0.276. The fourth-order valence-corrected chi connectivity index (χ4v) is 5.21. The Morgan fingerprint density at radius 3 is 2.59 bits per heavy atom. The minimum Gasteiger partial charge on any atom is -0.422 e. The van der Waals surface area contributed by atoms with Crippen molar-refractivity contribution < 1.29 is 4.42 Å². The van der Waals surface area contributed by atoms with E-state index < -0.39 is 0 Å². The van der Waals surface area contributed by atoms with Gasteiger partial charge in [-0.25, -0.2) is 4.79 Å². The van der Waals surface area contributed by atoms with Gasteiger partial charge in [0.25, 0.3) is 0 Å². The molecule has 3 heteroatoms. The largest absolute Gasteiger partial charge is 0.422 e. The number of fused-ring (bicyclic) bond motifs is 3. The summed E-state index contributed by atoms with van der Waals surface area (Å²) in [4.78, 5) is 13.2. The van der Waals surface area contributed by atoms with E-state index in [4.69, 9.17) is 4.42 Å². The standard InChI is InChI=1S/C29H29NO2/c1-20-10-9-17-29(2,3)25(20)16-15-22-18-24-23-13-7-8-14-26(23)30(27(24)28(31)32-22)19-21-11-5-4-6-12-21/h4-8,10-16,18,25H,9,17,19H2,1-3H3/b16-15+. The highest BCUT2D eigenvalue weighted by Gasteiger charge is 2.30. The van der Waals surface area contributed by atoms with Gasteiger partial charge < -0.3 is 8.98 Å². The third-order valence-corrected chi connectivity index (χ3v) is 6.92. The molecule has 2 aromatic carbocycles. The summed E-state index contributed by atoms with van der Waals surface area (Å²) >= 11 is 0. The van der Waals surface area contributed by atoms with Gasteiger partial charge in [0.05, 0.1) is 0 Å². The highest BCUT2D eigenvalue weighted by atomic mass is 16.4. The first-order valence-corrected chi connectivity index (χ1v) is 11.4. The van der Waals surface area contributed by atoms with Crippen LogP contribution in [0.5, 0.6) is 0 Å². The van der Waals surface area contributed by atoms with E-state index in [1.54, 1.807) is 0 Å². The van der Waals surface area contributed by atoms with Gasteiger partial charge in [0, 0.05) is 28.8 Å². The number of para-hydroxylation sites is 1. The van der Waals surface area contributed by atoms with Crippen LogP contribution in [0.2, 0.25) is 0 Å². The molecule has 32 heavy (non-hydrogen) atoms. The zero-order chi connectivity index (χ0) is 22.3. The lowest BCUT2D eigenvalue weighted by atomic mass is 9.68. The van der Waals surface area contributed by atoms with E-state index in [-0.39, 0.29) is 11.0 Å². The van der Waals surface area contributed by atoms with Crippen LogP contribution in [-0.2, 0) is 6.54 Å². The molecule has 1 unspecified atom stereocenters. The van der Waals surface area contributed by atoms with Gasteiger partial charge in [-0.1, -0.05) is 80.1 Å². The molecule has 0 bridgehead atoms. The highest BCUT2D eigenvalue weighted by Crippen LogP contribution is 2.42. The predicted molar refractivity (Wildman–Crippen MR) is 133 cm³/mol. The summed E-state index contributed by atoms with van der Waals surface area (Å²) < 4.78 is 7.89.